The quantitative estimate of drug-likeness (QED) is 0.806. The third-order valence-corrected chi connectivity index (χ3v) is 3.14. The molecule has 0 aromatic heterocycles. The van der Waals surface area contributed by atoms with Gasteiger partial charge in [-0.05, 0) is 18.4 Å². The van der Waals surface area contributed by atoms with Crippen molar-refractivity contribution >= 4 is 0 Å². The van der Waals surface area contributed by atoms with Gasteiger partial charge in [0.05, 0.1) is 0 Å². The molecular formula is C13H20FN. The second kappa shape index (κ2) is 5.26. The summed E-state index contributed by atoms with van der Waals surface area (Å²) in [6, 6.07) is 5.26. The molecule has 0 amide bonds. The predicted molar refractivity (Wildman–Crippen MR) is 62.1 cm³/mol. The minimum atomic E-state index is -0.181. The fourth-order valence-electron chi connectivity index (χ4n) is 1.98. The molecule has 0 saturated heterocycles. The molecule has 0 spiro atoms. The summed E-state index contributed by atoms with van der Waals surface area (Å²) in [5, 5.41) is 0. The van der Waals surface area contributed by atoms with E-state index >= 15 is 0 Å². The Labute approximate surface area is 91.5 Å². The molecule has 15 heavy (non-hydrogen) atoms. The van der Waals surface area contributed by atoms with E-state index in [2.05, 4.69) is 13.8 Å². The summed E-state index contributed by atoms with van der Waals surface area (Å²) in [5.74, 6) is 0.221. The Balaban J connectivity index is 2.99. The molecule has 2 N–H and O–H groups in total. The van der Waals surface area contributed by atoms with Gasteiger partial charge in [-0.3, -0.25) is 0 Å². The number of hydrogen-bond donors (Lipinski definition) is 1. The highest BCUT2D eigenvalue weighted by Gasteiger charge is 2.19. The van der Waals surface area contributed by atoms with Crippen molar-refractivity contribution in [1.29, 1.82) is 0 Å². The zero-order valence-electron chi connectivity index (χ0n) is 9.76. The maximum absolute atomic E-state index is 13.8. The average molecular weight is 209 g/mol. The molecule has 1 nitrogen and oxygen atoms in total. The lowest BCUT2D eigenvalue weighted by Crippen LogP contribution is -2.21. The standard InChI is InChI=1S/C13H20FN/c1-4-10(5-2)13(15)11-8-6-7-9(3)12(11)14/h6-8,10,13H,4-5,15H2,1-3H3. The first-order valence-corrected chi connectivity index (χ1v) is 5.62. The van der Waals surface area contributed by atoms with Crippen LogP contribution in [-0.4, -0.2) is 0 Å². The van der Waals surface area contributed by atoms with Gasteiger partial charge in [0.15, 0.2) is 0 Å². The van der Waals surface area contributed by atoms with E-state index in [9.17, 15) is 4.39 Å². The van der Waals surface area contributed by atoms with E-state index in [0.717, 1.165) is 12.8 Å². The van der Waals surface area contributed by atoms with Gasteiger partial charge in [0, 0.05) is 11.6 Å². The number of halogens is 1. The van der Waals surface area contributed by atoms with Crippen LogP contribution in [0.25, 0.3) is 0 Å². The summed E-state index contributed by atoms with van der Waals surface area (Å²) >= 11 is 0. The van der Waals surface area contributed by atoms with E-state index < -0.39 is 0 Å². The number of aryl methyl sites for hydroxylation is 1. The third kappa shape index (κ3) is 2.57. The fraction of sp³-hybridized carbons (Fsp3) is 0.538. The number of nitrogens with two attached hydrogens (primary N) is 1. The summed E-state index contributed by atoms with van der Waals surface area (Å²) in [7, 11) is 0. The van der Waals surface area contributed by atoms with Crippen molar-refractivity contribution in [3.8, 4) is 0 Å². The van der Waals surface area contributed by atoms with E-state index in [0.29, 0.717) is 17.0 Å². The van der Waals surface area contributed by atoms with Gasteiger partial charge in [-0.2, -0.15) is 0 Å². The van der Waals surface area contributed by atoms with Gasteiger partial charge in [-0.1, -0.05) is 44.9 Å². The SMILES string of the molecule is CCC(CC)C(N)c1cccc(C)c1F. The van der Waals surface area contributed by atoms with E-state index in [1.165, 1.54) is 0 Å². The van der Waals surface area contributed by atoms with E-state index in [1.54, 1.807) is 19.1 Å². The summed E-state index contributed by atoms with van der Waals surface area (Å²) in [6.45, 7) is 5.97. The molecule has 0 radical (unpaired) electrons. The van der Waals surface area contributed by atoms with Crippen LogP contribution in [0.5, 0.6) is 0 Å². The van der Waals surface area contributed by atoms with Gasteiger partial charge in [-0.15, -0.1) is 0 Å². The smallest absolute Gasteiger partial charge is 0.130 e. The maximum Gasteiger partial charge on any atom is 0.130 e. The molecular weight excluding hydrogens is 189 g/mol. The number of benzene rings is 1. The minimum Gasteiger partial charge on any atom is -0.324 e. The lowest BCUT2D eigenvalue weighted by Gasteiger charge is -2.22. The highest BCUT2D eigenvalue weighted by Crippen LogP contribution is 2.27. The lowest BCUT2D eigenvalue weighted by molar-refractivity contribution is 0.393. The Hall–Kier alpha value is -0.890. The summed E-state index contributed by atoms with van der Waals surface area (Å²) in [5.41, 5.74) is 7.42. The van der Waals surface area contributed by atoms with Crippen molar-refractivity contribution < 1.29 is 4.39 Å². The topological polar surface area (TPSA) is 26.0 Å². The number of rotatable bonds is 4. The van der Waals surface area contributed by atoms with Gasteiger partial charge < -0.3 is 5.73 Å². The summed E-state index contributed by atoms with van der Waals surface area (Å²) in [4.78, 5) is 0. The van der Waals surface area contributed by atoms with Crippen LogP contribution < -0.4 is 5.73 Å². The van der Waals surface area contributed by atoms with Crippen molar-refractivity contribution in [2.24, 2.45) is 11.7 Å². The first kappa shape index (κ1) is 12.2. The van der Waals surface area contributed by atoms with Crippen LogP contribution in [0, 0.1) is 18.7 Å². The fourth-order valence-corrected chi connectivity index (χ4v) is 1.98. The predicted octanol–water partition coefficient (Wildman–Crippen LogP) is 3.57. The van der Waals surface area contributed by atoms with Crippen LogP contribution >= 0.6 is 0 Å². The average Bonchev–Trinajstić information content (AvgIpc) is 2.23. The van der Waals surface area contributed by atoms with Crippen LogP contribution in [0.3, 0.4) is 0 Å². The normalized spacial score (nSPS) is 13.2. The lowest BCUT2D eigenvalue weighted by atomic mass is 9.88. The molecule has 1 unspecified atom stereocenters. The van der Waals surface area contributed by atoms with Gasteiger partial charge >= 0.3 is 0 Å². The van der Waals surface area contributed by atoms with Crippen LogP contribution in [0.2, 0.25) is 0 Å². The Morgan fingerprint density at radius 1 is 1.27 bits per heavy atom. The largest absolute Gasteiger partial charge is 0.324 e. The van der Waals surface area contributed by atoms with Gasteiger partial charge in [0.1, 0.15) is 5.82 Å². The zero-order chi connectivity index (χ0) is 11.4. The number of hydrogen-bond acceptors (Lipinski definition) is 1. The van der Waals surface area contributed by atoms with Crippen LogP contribution in [0.1, 0.15) is 43.9 Å². The molecule has 0 aliphatic heterocycles. The molecule has 1 atom stereocenters. The second-order valence-corrected chi connectivity index (χ2v) is 4.08. The second-order valence-electron chi connectivity index (χ2n) is 4.08. The van der Waals surface area contributed by atoms with E-state index in [4.69, 9.17) is 5.73 Å². The van der Waals surface area contributed by atoms with Crippen molar-refractivity contribution in [2.45, 2.75) is 39.7 Å². The Bertz CT molecular complexity index is 318. The maximum atomic E-state index is 13.8. The van der Waals surface area contributed by atoms with Gasteiger partial charge in [0.25, 0.3) is 0 Å². The highest BCUT2D eigenvalue weighted by molar-refractivity contribution is 5.27. The molecule has 0 aliphatic carbocycles. The minimum absolute atomic E-state index is 0.142. The van der Waals surface area contributed by atoms with Crippen molar-refractivity contribution in [3.05, 3.63) is 35.1 Å². The first-order chi connectivity index (χ1) is 7.11. The van der Waals surface area contributed by atoms with Crippen molar-refractivity contribution in [2.75, 3.05) is 0 Å². The molecule has 0 fully saturated rings. The van der Waals surface area contributed by atoms with Gasteiger partial charge in [0.2, 0.25) is 0 Å². The molecule has 0 aliphatic rings. The first-order valence-electron chi connectivity index (χ1n) is 5.62. The zero-order valence-corrected chi connectivity index (χ0v) is 9.76. The Kier molecular flexibility index (Phi) is 4.28. The molecule has 0 saturated carbocycles. The van der Waals surface area contributed by atoms with Crippen LogP contribution in [0.4, 0.5) is 4.39 Å². The van der Waals surface area contributed by atoms with E-state index in [1.807, 2.05) is 6.07 Å². The van der Waals surface area contributed by atoms with Crippen LogP contribution in [0.15, 0.2) is 18.2 Å². The monoisotopic (exact) mass is 209 g/mol. The van der Waals surface area contributed by atoms with Crippen molar-refractivity contribution in [1.82, 2.24) is 0 Å². The summed E-state index contributed by atoms with van der Waals surface area (Å²) in [6.07, 6.45) is 1.98. The van der Waals surface area contributed by atoms with Crippen LogP contribution in [-0.2, 0) is 0 Å². The molecule has 0 heterocycles. The van der Waals surface area contributed by atoms with Crippen molar-refractivity contribution in [3.63, 3.8) is 0 Å². The molecule has 2 heteroatoms. The third-order valence-electron chi connectivity index (χ3n) is 3.14. The molecule has 84 valence electrons. The highest BCUT2D eigenvalue weighted by atomic mass is 19.1. The van der Waals surface area contributed by atoms with E-state index in [-0.39, 0.29) is 11.9 Å². The molecule has 1 aromatic rings. The Morgan fingerprint density at radius 2 is 1.87 bits per heavy atom. The molecule has 1 aromatic carbocycles. The molecule has 1 rings (SSSR count). The Morgan fingerprint density at radius 3 is 2.40 bits per heavy atom. The summed E-state index contributed by atoms with van der Waals surface area (Å²) < 4.78 is 13.8. The molecule has 0 bridgehead atoms. The van der Waals surface area contributed by atoms with Gasteiger partial charge in [-0.25, -0.2) is 4.39 Å².